The summed E-state index contributed by atoms with van der Waals surface area (Å²) in [5.41, 5.74) is 7.26. The molecule has 0 aliphatic rings. The molecule has 0 saturated heterocycles. The Balaban J connectivity index is 2.30. The van der Waals surface area contributed by atoms with Gasteiger partial charge in [-0.25, -0.2) is 9.07 Å². The molecular formula is C16H21FN4O. The summed E-state index contributed by atoms with van der Waals surface area (Å²) in [6.07, 6.45) is 0. The lowest BCUT2D eigenvalue weighted by atomic mass is 10.0. The standard InChI is InChI=1S/C16H21FN4O/c1-10-7-11(2)21(20-10)14-6-5-12(8-13(14)17)15(22)19-16(3,4)9-18/h5-8H,9,18H2,1-4H3,(H,19,22). The van der Waals surface area contributed by atoms with Gasteiger partial charge in [0.1, 0.15) is 11.5 Å². The predicted octanol–water partition coefficient (Wildman–Crippen LogP) is 2.10. The van der Waals surface area contributed by atoms with Gasteiger partial charge in [0.25, 0.3) is 5.91 Å². The number of nitrogens with two attached hydrogens (primary N) is 1. The molecule has 0 aliphatic carbocycles. The second kappa shape index (κ2) is 5.88. The van der Waals surface area contributed by atoms with Gasteiger partial charge in [-0.3, -0.25) is 4.79 Å². The number of nitrogens with one attached hydrogen (secondary N) is 1. The van der Waals surface area contributed by atoms with Crippen molar-refractivity contribution in [3.05, 3.63) is 47.0 Å². The topological polar surface area (TPSA) is 72.9 Å². The van der Waals surface area contributed by atoms with Gasteiger partial charge in [-0.05, 0) is 52.0 Å². The number of aromatic nitrogens is 2. The summed E-state index contributed by atoms with van der Waals surface area (Å²) >= 11 is 0. The first kappa shape index (κ1) is 16.2. The van der Waals surface area contributed by atoms with E-state index < -0.39 is 11.4 Å². The van der Waals surface area contributed by atoms with Crippen LogP contribution in [-0.4, -0.2) is 27.8 Å². The highest BCUT2D eigenvalue weighted by molar-refractivity contribution is 5.94. The molecule has 118 valence electrons. The van der Waals surface area contributed by atoms with Crippen LogP contribution in [0.25, 0.3) is 5.69 Å². The number of hydrogen-bond acceptors (Lipinski definition) is 3. The predicted molar refractivity (Wildman–Crippen MR) is 83.6 cm³/mol. The van der Waals surface area contributed by atoms with Crippen LogP contribution in [0.1, 0.15) is 35.6 Å². The molecule has 2 aromatic rings. The molecule has 0 saturated carbocycles. The number of benzene rings is 1. The van der Waals surface area contributed by atoms with Crippen LogP contribution < -0.4 is 11.1 Å². The third-order valence-electron chi connectivity index (χ3n) is 3.41. The molecule has 5 nitrogen and oxygen atoms in total. The van der Waals surface area contributed by atoms with Crippen molar-refractivity contribution in [3.8, 4) is 5.69 Å². The van der Waals surface area contributed by atoms with Crippen LogP contribution in [0.4, 0.5) is 4.39 Å². The molecule has 0 radical (unpaired) electrons. The lowest BCUT2D eigenvalue weighted by Crippen LogP contribution is -2.48. The van der Waals surface area contributed by atoms with E-state index in [9.17, 15) is 9.18 Å². The molecule has 1 heterocycles. The third-order valence-corrected chi connectivity index (χ3v) is 3.41. The van der Waals surface area contributed by atoms with Crippen molar-refractivity contribution in [2.24, 2.45) is 5.73 Å². The van der Waals surface area contributed by atoms with Crippen molar-refractivity contribution in [1.82, 2.24) is 15.1 Å². The number of halogens is 1. The van der Waals surface area contributed by atoms with E-state index in [1.807, 2.05) is 33.8 Å². The van der Waals surface area contributed by atoms with E-state index in [0.29, 0.717) is 12.2 Å². The lowest BCUT2D eigenvalue weighted by Gasteiger charge is -2.24. The zero-order valence-corrected chi connectivity index (χ0v) is 13.3. The molecule has 1 aromatic carbocycles. The SMILES string of the molecule is Cc1cc(C)n(-c2ccc(C(=O)NC(C)(C)CN)cc2F)n1. The molecule has 6 heteroatoms. The number of nitrogens with zero attached hydrogens (tertiary/aromatic N) is 2. The van der Waals surface area contributed by atoms with E-state index in [1.54, 1.807) is 12.1 Å². The van der Waals surface area contributed by atoms with E-state index in [0.717, 1.165) is 11.4 Å². The van der Waals surface area contributed by atoms with Crippen LogP contribution in [-0.2, 0) is 0 Å². The van der Waals surface area contributed by atoms with Gasteiger partial charge in [-0.2, -0.15) is 5.10 Å². The second-order valence-corrected chi connectivity index (χ2v) is 6.05. The van der Waals surface area contributed by atoms with Crippen LogP contribution in [0.2, 0.25) is 0 Å². The molecule has 0 spiro atoms. The number of hydrogen-bond donors (Lipinski definition) is 2. The summed E-state index contributed by atoms with van der Waals surface area (Å²) in [5.74, 6) is -0.848. The first-order chi connectivity index (χ1) is 10.2. The molecule has 2 rings (SSSR count). The van der Waals surface area contributed by atoms with Gasteiger partial charge in [0.05, 0.1) is 5.69 Å². The Morgan fingerprint density at radius 3 is 2.55 bits per heavy atom. The van der Waals surface area contributed by atoms with Crippen LogP contribution in [0.3, 0.4) is 0 Å². The molecule has 1 amide bonds. The summed E-state index contributed by atoms with van der Waals surface area (Å²) in [7, 11) is 0. The molecule has 3 N–H and O–H groups in total. The second-order valence-electron chi connectivity index (χ2n) is 6.05. The van der Waals surface area contributed by atoms with E-state index in [4.69, 9.17) is 5.73 Å². The number of rotatable bonds is 4. The number of carbonyl (C=O) groups excluding carboxylic acids is 1. The van der Waals surface area contributed by atoms with Crippen molar-refractivity contribution >= 4 is 5.91 Å². The fraction of sp³-hybridized carbons (Fsp3) is 0.375. The van der Waals surface area contributed by atoms with Crippen molar-refractivity contribution in [1.29, 1.82) is 0 Å². The minimum Gasteiger partial charge on any atom is -0.346 e. The van der Waals surface area contributed by atoms with Gasteiger partial charge in [0.2, 0.25) is 0 Å². The van der Waals surface area contributed by atoms with Gasteiger partial charge in [-0.1, -0.05) is 0 Å². The molecule has 0 fully saturated rings. The highest BCUT2D eigenvalue weighted by Gasteiger charge is 2.20. The average molecular weight is 304 g/mol. The van der Waals surface area contributed by atoms with Crippen LogP contribution in [0.5, 0.6) is 0 Å². The summed E-state index contributed by atoms with van der Waals surface area (Å²) in [6.45, 7) is 7.62. The quantitative estimate of drug-likeness (QED) is 0.908. The van der Waals surface area contributed by atoms with E-state index in [1.165, 1.54) is 10.7 Å². The summed E-state index contributed by atoms with van der Waals surface area (Å²) in [5, 5.41) is 7.02. The fourth-order valence-corrected chi connectivity index (χ4v) is 2.12. The maximum Gasteiger partial charge on any atom is 0.251 e. The van der Waals surface area contributed by atoms with Gasteiger partial charge < -0.3 is 11.1 Å². The largest absolute Gasteiger partial charge is 0.346 e. The smallest absolute Gasteiger partial charge is 0.251 e. The molecule has 1 aromatic heterocycles. The Bertz CT molecular complexity index is 706. The first-order valence-electron chi connectivity index (χ1n) is 7.09. The lowest BCUT2D eigenvalue weighted by molar-refractivity contribution is 0.0915. The zero-order chi connectivity index (χ0) is 16.5. The highest BCUT2D eigenvalue weighted by Crippen LogP contribution is 2.18. The summed E-state index contributed by atoms with van der Waals surface area (Å²) in [6, 6.07) is 6.22. The molecule has 0 unspecified atom stereocenters. The number of aryl methyl sites for hydroxylation is 2. The maximum absolute atomic E-state index is 14.3. The van der Waals surface area contributed by atoms with E-state index in [-0.39, 0.29) is 11.5 Å². The Morgan fingerprint density at radius 1 is 1.36 bits per heavy atom. The van der Waals surface area contributed by atoms with Crippen LogP contribution in [0.15, 0.2) is 24.3 Å². The van der Waals surface area contributed by atoms with Crippen molar-refractivity contribution in [2.45, 2.75) is 33.2 Å². The Labute approximate surface area is 129 Å². The van der Waals surface area contributed by atoms with Gasteiger partial charge in [0, 0.05) is 23.3 Å². The molecule has 0 bridgehead atoms. The number of carbonyl (C=O) groups is 1. The normalized spacial score (nSPS) is 11.5. The summed E-state index contributed by atoms with van der Waals surface area (Å²) in [4.78, 5) is 12.1. The van der Waals surface area contributed by atoms with Crippen molar-refractivity contribution in [3.63, 3.8) is 0 Å². The maximum atomic E-state index is 14.3. The Hall–Kier alpha value is -2.21. The Kier molecular flexibility index (Phi) is 4.32. The van der Waals surface area contributed by atoms with Crippen LogP contribution >= 0.6 is 0 Å². The summed E-state index contributed by atoms with van der Waals surface area (Å²) < 4.78 is 15.9. The third kappa shape index (κ3) is 3.33. The minimum atomic E-state index is -0.540. The molecular weight excluding hydrogens is 283 g/mol. The average Bonchev–Trinajstić information content (AvgIpc) is 2.77. The zero-order valence-electron chi connectivity index (χ0n) is 13.3. The Morgan fingerprint density at radius 2 is 2.05 bits per heavy atom. The molecule has 0 aliphatic heterocycles. The van der Waals surface area contributed by atoms with Gasteiger partial charge >= 0.3 is 0 Å². The number of amides is 1. The van der Waals surface area contributed by atoms with Crippen molar-refractivity contribution < 1.29 is 9.18 Å². The molecule has 0 atom stereocenters. The van der Waals surface area contributed by atoms with E-state index in [2.05, 4.69) is 10.4 Å². The van der Waals surface area contributed by atoms with Crippen molar-refractivity contribution in [2.75, 3.05) is 6.54 Å². The fourth-order valence-electron chi connectivity index (χ4n) is 2.12. The highest BCUT2D eigenvalue weighted by atomic mass is 19.1. The van der Waals surface area contributed by atoms with E-state index >= 15 is 0 Å². The first-order valence-corrected chi connectivity index (χ1v) is 7.09. The molecule has 22 heavy (non-hydrogen) atoms. The monoisotopic (exact) mass is 304 g/mol. The van der Waals surface area contributed by atoms with Gasteiger partial charge in [-0.15, -0.1) is 0 Å². The minimum absolute atomic E-state index is 0.254. The van der Waals surface area contributed by atoms with Gasteiger partial charge in [0.15, 0.2) is 0 Å². The van der Waals surface area contributed by atoms with Crippen LogP contribution in [0, 0.1) is 19.7 Å².